The molecule has 2 atom stereocenters. The molecule has 1 saturated carbocycles. The van der Waals surface area contributed by atoms with Crippen LogP contribution in [0.5, 0.6) is 0 Å². The van der Waals surface area contributed by atoms with Crippen molar-refractivity contribution in [3.05, 3.63) is 0 Å². The monoisotopic (exact) mass is 242 g/mol. The zero-order valence-corrected chi connectivity index (χ0v) is 11.5. The molecule has 0 radical (unpaired) electrons. The highest BCUT2D eigenvalue weighted by atomic mass is 16.3. The van der Waals surface area contributed by atoms with Crippen LogP contribution in [0.4, 0.5) is 0 Å². The number of aliphatic hydroxyl groups is 1. The minimum absolute atomic E-state index is 0.114. The van der Waals surface area contributed by atoms with Crippen LogP contribution in [-0.2, 0) is 0 Å². The zero-order valence-electron chi connectivity index (χ0n) is 11.5. The predicted octanol–water partition coefficient (Wildman–Crippen LogP) is 2.03. The Morgan fingerprint density at radius 2 is 1.65 bits per heavy atom. The van der Waals surface area contributed by atoms with Gasteiger partial charge in [0.15, 0.2) is 0 Å². The smallest absolute Gasteiger partial charge is 0.0471 e. The molecule has 1 aliphatic carbocycles. The van der Waals surface area contributed by atoms with Crippen LogP contribution >= 0.6 is 0 Å². The number of aliphatic hydroxyl groups excluding tert-OH is 1. The first-order valence-electron chi connectivity index (χ1n) is 7.22. The van der Waals surface area contributed by atoms with Crippen molar-refractivity contribution in [2.24, 2.45) is 11.7 Å². The summed E-state index contributed by atoms with van der Waals surface area (Å²) in [7, 11) is 0. The molecule has 0 aromatic carbocycles. The number of nitrogens with two attached hydrogens (primary N) is 1. The average Bonchev–Trinajstić information content (AvgIpc) is 2.31. The molecule has 0 saturated heterocycles. The molecule has 1 rings (SSSR count). The zero-order chi connectivity index (χ0) is 12.7. The number of hydrogen-bond acceptors (Lipinski definition) is 3. The SMILES string of the molecule is CC(CO)C(C)NC1(CN)CCCCCCC1. The molecule has 0 aromatic heterocycles. The summed E-state index contributed by atoms with van der Waals surface area (Å²) < 4.78 is 0. The molecular weight excluding hydrogens is 212 g/mol. The Morgan fingerprint density at radius 3 is 2.12 bits per heavy atom. The minimum atomic E-state index is 0.114. The molecule has 0 amide bonds. The van der Waals surface area contributed by atoms with Gasteiger partial charge in [-0.05, 0) is 25.7 Å². The van der Waals surface area contributed by atoms with Gasteiger partial charge < -0.3 is 16.2 Å². The number of nitrogens with one attached hydrogen (secondary N) is 1. The lowest BCUT2D eigenvalue weighted by Gasteiger charge is -2.39. The van der Waals surface area contributed by atoms with Crippen molar-refractivity contribution in [3.63, 3.8) is 0 Å². The third-order valence-electron chi connectivity index (χ3n) is 4.38. The number of rotatable bonds is 5. The van der Waals surface area contributed by atoms with E-state index < -0.39 is 0 Å². The first-order valence-corrected chi connectivity index (χ1v) is 7.22. The molecule has 0 bridgehead atoms. The van der Waals surface area contributed by atoms with Gasteiger partial charge in [-0.3, -0.25) is 0 Å². The Morgan fingerprint density at radius 1 is 1.12 bits per heavy atom. The van der Waals surface area contributed by atoms with Gasteiger partial charge in [-0.1, -0.05) is 39.0 Å². The van der Waals surface area contributed by atoms with E-state index in [2.05, 4.69) is 19.2 Å². The normalized spacial score (nSPS) is 24.7. The highest BCUT2D eigenvalue weighted by Gasteiger charge is 2.30. The Labute approximate surface area is 106 Å². The van der Waals surface area contributed by atoms with Crippen LogP contribution in [0, 0.1) is 5.92 Å². The summed E-state index contributed by atoms with van der Waals surface area (Å²) in [5, 5.41) is 12.9. The van der Waals surface area contributed by atoms with Gasteiger partial charge in [-0.2, -0.15) is 0 Å². The van der Waals surface area contributed by atoms with Crippen LogP contribution in [0.25, 0.3) is 0 Å². The van der Waals surface area contributed by atoms with Crippen LogP contribution in [0.1, 0.15) is 58.8 Å². The Hall–Kier alpha value is -0.120. The van der Waals surface area contributed by atoms with Crippen LogP contribution in [0.15, 0.2) is 0 Å². The van der Waals surface area contributed by atoms with Crippen molar-refractivity contribution in [1.29, 1.82) is 0 Å². The quantitative estimate of drug-likeness (QED) is 0.691. The van der Waals surface area contributed by atoms with Crippen molar-refractivity contribution in [1.82, 2.24) is 5.32 Å². The van der Waals surface area contributed by atoms with Crippen molar-refractivity contribution in [2.75, 3.05) is 13.2 Å². The van der Waals surface area contributed by atoms with E-state index in [9.17, 15) is 5.11 Å². The minimum Gasteiger partial charge on any atom is -0.396 e. The highest BCUT2D eigenvalue weighted by Crippen LogP contribution is 2.26. The van der Waals surface area contributed by atoms with Crippen molar-refractivity contribution in [2.45, 2.75) is 70.4 Å². The standard InChI is InChI=1S/C14H30N2O/c1-12(10-17)13(2)16-14(11-15)8-6-4-3-5-7-9-14/h12-13,16-17H,3-11,15H2,1-2H3. The van der Waals surface area contributed by atoms with E-state index in [0.717, 1.165) is 6.54 Å². The summed E-state index contributed by atoms with van der Waals surface area (Å²) in [4.78, 5) is 0. The molecule has 0 aromatic rings. The maximum Gasteiger partial charge on any atom is 0.0471 e. The van der Waals surface area contributed by atoms with Crippen LogP contribution < -0.4 is 11.1 Å². The fourth-order valence-corrected chi connectivity index (χ4v) is 2.77. The summed E-state index contributed by atoms with van der Waals surface area (Å²) in [5.41, 5.74) is 6.14. The Balaban J connectivity index is 2.58. The van der Waals surface area contributed by atoms with E-state index in [0.29, 0.717) is 12.0 Å². The molecule has 17 heavy (non-hydrogen) atoms. The van der Waals surface area contributed by atoms with Crippen LogP contribution in [0.3, 0.4) is 0 Å². The van der Waals surface area contributed by atoms with E-state index in [1.807, 2.05) is 0 Å². The van der Waals surface area contributed by atoms with Gasteiger partial charge in [0.25, 0.3) is 0 Å². The van der Waals surface area contributed by atoms with E-state index >= 15 is 0 Å². The van der Waals surface area contributed by atoms with Gasteiger partial charge in [0, 0.05) is 24.7 Å². The topological polar surface area (TPSA) is 58.3 Å². The molecule has 3 nitrogen and oxygen atoms in total. The third kappa shape index (κ3) is 4.57. The van der Waals surface area contributed by atoms with Crippen molar-refractivity contribution >= 4 is 0 Å². The maximum atomic E-state index is 9.22. The summed E-state index contributed by atoms with van der Waals surface area (Å²) in [5.74, 6) is 0.295. The molecule has 0 aliphatic heterocycles. The van der Waals surface area contributed by atoms with E-state index in [1.165, 1.54) is 44.9 Å². The molecule has 0 heterocycles. The summed E-state index contributed by atoms with van der Waals surface area (Å²) in [6.45, 7) is 5.21. The molecule has 4 N–H and O–H groups in total. The molecule has 102 valence electrons. The first-order chi connectivity index (χ1) is 8.13. The second-order valence-electron chi connectivity index (χ2n) is 5.85. The number of hydrogen-bond donors (Lipinski definition) is 3. The van der Waals surface area contributed by atoms with Crippen molar-refractivity contribution in [3.8, 4) is 0 Å². The third-order valence-corrected chi connectivity index (χ3v) is 4.38. The van der Waals surface area contributed by atoms with Gasteiger partial charge >= 0.3 is 0 Å². The molecule has 0 spiro atoms. The fourth-order valence-electron chi connectivity index (χ4n) is 2.77. The van der Waals surface area contributed by atoms with Crippen LogP contribution in [-0.4, -0.2) is 29.8 Å². The molecule has 1 aliphatic rings. The second kappa shape index (κ2) is 7.34. The van der Waals surface area contributed by atoms with Gasteiger partial charge in [-0.25, -0.2) is 0 Å². The maximum absolute atomic E-state index is 9.22. The van der Waals surface area contributed by atoms with Crippen LogP contribution in [0.2, 0.25) is 0 Å². The average molecular weight is 242 g/mol. The van der Waals surface area contributed by atoms with Gasteiger partial charge in [0.1, 0.15) is 0 Å². The molecule has 1 fully saturated rings. The second-order valence-corrected chi connectivity index (χ2v) is 5.85. The summed E-state index contributed by atoms with van der Waals surface area (Å²) >= 11 is 0. The van der Waals surface area contributed by atoms with Gasteiger partial charge in [0.2, 0.25) is 0 Å². The molecular formula is C14H30N2O. The lowest BCUT2D eigenvalue weighted by atomic mass is 9.82. The summed E-state index contributed by atoms with van der Waals surface area (Å²) in [6.07, 6.45) is 9.00. The van der Waals surface area contributed by atoms with E-state index in [1.54, 1.807) is 0 Å². The lowest BCUT2D eigenvalue weighted by Crippen LogP contribution is -2.56. The predicted molar refractivity (Wildman–Crippen MR) is 73.0 cm³/mol. The largest absolute Gasteiger partial charge is 0.396 e. The molecule has 2 unspecified atom stereocenters. The van der Waals surface area contributed by atoms with Gasteiger partial charge in [-0.15, -0.1) is 0 Å². The first kappa shape index (κ1) is 14.9. The Kier molecular flexibility index (Phi) is 6.45. The highest BCUT2D eigenvalue weighted by molar-refractivity contribution is 4.92. The van der Waals surface area contributed by atoms with E-state index in [-0.39, 0.29) is 12.1 Å². The molecule has 3 heteroatoms. The van der Waals surface area contributed by atoms with Gasteiger partial charge in [0.05, 0.1) is 0 Å². The van der Waals surface area contributed by atoms with Crippen molar-refractivity contribution < 1.29 is 5.11 Å². The fraction of sp³-hybridized carbons (Fsp3) is 1.00. The van der Waals surface area contributed by atoms with E-state index in [4.69, 9.17) is 5.73 Å². The summed E-state index contributed by atoms with van der Waals surface area (Å²) in [6, 6.07) is 0.336. The Bertz CT molecular complexity index is 200. The lowest BCUT2D eigenvalue weighted by molar-refractivity contribution is 0.164.